The molecular weight excluding hydrogens is 320 g/mol. The minimum absolute atomic E-state index is 0.179. The molecule has 1 fully saturated rings. The minimum atomic E-state index is -0.179. The first-order chi connectivity index (χ1) is 11.8. The fourth-order valence-electron chi connectivity index (χ4n) is 2.82. The van der Waals surface area contributed by atoms with Gasteiger partial charge >= 0.3 is 0 Å². The fraction of sp³-hybridized carbons (Fsp3) is 0.278. The summed E-state index contributed by atoms with van der Waals surface area (Å²) < 4.78 is 6.35. The first-order valence-corrected chi connectivity index (χ1v) is 8.98. The van der Waals surface area contributed by atoms with Crippen molar-refractivity contribution in [3.63, 3.8) is 0 Å². The molecular formula is C18H18N4OS. The normalized spacial score (nSPS) is 13.9. The van der Waals surface area contributed by atoms with E-state index in [1.54, 1.807) is 0 Å². The van der Waals surface area contributed by atoms with Crippen molar-refractivity contribution in [3.8, 4) is 11.3 Å². The molecule has 4 rings (SSSR count). The predicted octanol–water partition coefficient (Wildman–Crippen LogP) is 4.16. The number of carbonyl (C=O) groups is 1. The van der Waals surface area contributed by atoms with Crippen LogP contribution in [-0.4, -0.2) is 20.1 Å². The molecule has 24 heavy (non-hydrogen) atoms. The van der Waals surface area contributed by atoms with Crippen LogP contribution in [0.3, 0.4) is 0 Å². The molecule has 0 unspecified atom stereocenters. The molecule has 0 atom stereocenters. The molecule has 0 aliphatic heterocycles. The molecule has 122 valence electrons. The van der Waals surface area contributed by atoms with E-state index in [1.165, 1.54) is 30.1 Å². The summed E-state index contributed by atoms with van der Waals surface area (Å²) >= 11 is 1.34. The second-order valence-electron chi connectivity index (χ2n) is 5.94. The molecule has 1 aliphatic carbocycles. The zero-order valence-corrected chi connectivity index (χ0v) is 14.2. The monoisotopic (exact) mass is 338 g/mol. The Kier molecular flexibility index (Phi) is 3.90. The Labute approximate surface area is 144 Å². The van der Waals surface area contributed by atoms with Gasteiger partial charge in [-0.3, -0.25) is 9.48 Å². The van der Waals surface area contributed by atoms with Crippen LogP contribution in [0.2, 0.25) is 0 Å². The fourth-order valence-corrected chi connectivity index (χ4v) is 3.46. The molecule has 6 heteroatoms. The standard InChI is InChI=1S/C18H18N4OS/c1-2-22-16(12-8-9-12)10-14(20-22)18(23)19-15-11-24-21-17(15)13-6-4-3-5-7-13/h3-7,10-12H,2,8-9H2,1H3,(H,19,23). The number of anilines is 1. The van der Waals surface area contributed by atoms with Crippen LogP contribution < -0.4 is 5.32 Å². The van der Waals surface area contributed by atoms with E-state index in [2.05, 4.69) is 21.7 Å². The van der Waals surface area contributed by atoms with Crippen molar-refractivity contribution < 1.29 is 4.79 Å². The lowest BCUT2D eigenvalue weighted by Gasteiger charge is -2.04. The Bertz CT molecular complexity index is 864. The predicted molar refractivity (Wildman–Crippen MR) is 95.4 cm³/mol. The van der Waals surface area contributed by atoms with Gasteiger partial charge in [-0.05, 0) is 37.4 Å². The third-order valence-corrected chi connectivity index (χ3v) is 4.83. The lowest BCUT2D eigenvalue weighted by molar-refractivity contribution is 0.102. The molecule has 1 N–H and O–H groups in total. The average molecular weight is 338 g/mol. The average Bonchev–Trinajstić information content (AvgIpc) is 3.20. The van der Waals surface area contributed by atoms with E-state index in [0.717, 1.165) is 23.5 Å². The molecule has 1 aromatic carbocycles. The number of amides is 1. The summed E-state index contributed by atoms with van der Waals surface area (Å²) in [6.07, 6.45) is 2.39. The van der Waals surface area contributed by atoms with Crippen molar-refractivity contribution >= 4 is 23.1 Å². The van der Waals surface area contributed by atoms with Gasteiger partial charge in [-0.2, -0.15) is 9.47 Å². The quantitative estimate of drug-likeness (QED) is 0.760. The van der Waals surface area contributed by atoms with Crippen molar-refractivity contribution in [1.29, 1.82) is 0 Å². The number of hydrogen-bond donors (Lipinski definition) is 1. The summed E-state index contributed by atoms with van der Waals surface area (Å²) in [6, 6.07) is 11.8. The maximum atomic E-state index is 12.6. The van der Waals surface area contributed by atoms with E-state index in [9.17, 15) is 4.79 Å². The second kappa shape index (κ2) is 6.20. The van der Waals surface area contributed by atoms with E-state index in [4.69, 9.17) is 0 Å². The summed E-state index contributed by atoms with van der Waals surface area (Å²) in [5, 5.41) is 9.28. The smallest absolute Gasteiger partial charge is 0.276 e. The lowest BCUT2D eigenvalue weighted by Crippen LogP contribution is -2.13. The minimum Gasteiger partial charge on any atom is -0.318 e. The van der Waals surface area contributed by atoms with Crippen LogP contribution in [0.5, 0.6) is 0 Å². The number of nitrogens with zero attached hydrogens (tertiary/aromatic N) is 3. The number of hydrogen-bond acceptors (Lipinski definition) is 4. The summed E-state index contributed by atoms with van der Waals surface area (Å²) in [5.74, 6) is 0.392. The highest BCUT2D eigenvalue weighted by Crippen LogP contribution is 2.40. The number of aromatic nitrogens is 3. The first kappa shape index (κ1) is 15.1. The van der Waals surface area contributed by atoms with E-state index < -0.39 is 0 Å². The van der Waals surface area contributed by atoms with Gasteiger partial charge in [0.05, 0.1) is 5.69 Å². The number of rotatable bonds is 5. The summed E-state index contributed by atoms with van der Waals surface area (Å²) in [6.45, 7) is 2.84. The van der Waals surface area contributed by atoms with Crippen LogP contribution in [0.15, 0.2) is 41.8 Å². The van der Waals surface area contributed by atoms with Gasteiger partial charge in [-0.1, -0.05) is 30.3 Å². The Morgan fingerprint density at radius 3 is 2.83 bits per heavy atom. The van der Waals surface area contributed by atoms with Crippen LogP contribution in [0.25, 0.3) is 11.3 Å². The van der Waals surface area contributed by atoms with Crippen molar-refractivity contribution in [2.45, 2.75) is 32.2 Å². The van der Waals surface area contributed by atoms with Gasteiger partial charge in [0.2, 0.25) is 0 Å². The highest BCUT2D eigenvalue weighted by Gasteiger charge is 2.29. The second-order valence-corrected chi connectivity index (χ2v) is 6.57. The highest BCUT2D eigenvalue weighted by atomic mass is 32.1. The molecule has 5 nitrogen and oxygen atoms in total. The zero-order valence-electron chi connectivity index (χ0n) is 13.4. The maximum Gasteiger partial charge on any atom is 0.276 e. The van der Waals surface area contributed by atoms with Gasteiger partial charge in [0.1, 0.15) is 5.69 Å². The molecule has 0 spiro atoms. The molecule has 1 saturated carbocycles. The van der Waals surface area contributed by atoms with Crippen LogP contribution in [0.4, 0.5) is 5.69 Å². The van der Waals surface area contributed by atoms with Gasteiger partial charge < -0.3 is 5.32 Å². The first-order valence-electron chi connectivity index (χ1n) is 8.15. The highest BCUT2D eigenvalue weighted by molar-refractivity contribution is 7.04. The Hall–Kier alpha value is -2.47. The molecule has 2 aromatic heterocycles. The zero-order chi connectivity index (χ0) is 16.5. The molecule has 0 bridgehead atoms. The van der Waals surface area contributed by atoms with Crippen LogP contribution in [0, 0.1) is 0 Å². The Balaban J connectivity index is 1.58. The van der Waals surface area contributed by atoms with Gasteiger partial charge in [0.15, 0.2) is 5.69 Å². The molecule has 0 saturated heterocycles. The van der Waals surface area contributed by atoms with E-state index in [-0.39, 0.29) is 5.91 Å². The van der Waals surface area contributed by atoms with E-state index >= 15 is 0 Å². The Morgan fingerprint density at radius 1 is 1.33 bits per heavy atom. The lowest BCUT2D eigenvalue weighted by atomic mass is 10.1. The molecule has 1 amide bonds. The SMILES string of the molecule is CCn1nc(C(=O)Nc2csnc2-c2ccccc2)cc1C1CC1. The maximum absolute atomic E-state index is 12.6. The number of nitrogens with one attached hydrogen (secondary N) is 1. The van der Waals surface area contributed by atoms with Gasteiger partial charge in [0.25, 0.3) is 5.91 Å². The third-order valence-electron chi connectivity index (χ3n) is 4.20. The van der Waals surface area contributed by atoms with Gasteiger partial charge in [-0.15, -0.1) is 0 Å². The molecule has 3 aromatic rings. The van der Waals surface area contributed by atoms with Gasteiger partial charge in [0, 0.05) is 29.1 Å². The van der Waals surface area contributed by atoms with Crippen LogP contribution in [0.1, 0.15) is 41.9 Å². The summed E-state index contributed by atoms with van der Waals surface area (Å²) in [7, 11) is 0. The van der Waals surface area contributed by atoms with Crippen LogP contribution >= 0.6 is 11.5 Å². The largest absolute Gasteiger partial charge is 0.318 e. The topological polar surface area (TPSA) is 59.8 Å². The molecule has 2 heterocycles. The molecule has 0 radical (unpaired) electrons. The summed E-state index contributed by atoms with van der Waals surface area (Å²) in [5.41, 5.74) is 4.17. The summed E-state index contributed by atoms with van der Waals surface area (Å²) in [4.78, 5) is 12.6. The number of benzene rings is 1. The molecule has 1 aliphatic rings. The van der Waals surface area contributed by atoms with Crippen molar-refractivity contribution in [1.82, 2.24) is 14.2 Å². The Morgan fingerprint density at radius 2 is 2.12 bits per heavy atom. The van der Waals surface area contributed by atoms with Gasteiger partial charge in [-0.25, -0.2) is 0 Å². The van der Waals surface area contributed by atoms with Crippen LogP contribution in [-0.2, 0) is 6.54 Å². The number of carbonyl (C=O) groups excluding carboxylic acids is 1. The van der Waals surface area contributed by atoms with Crippen molar-refractivity contribution in [3.05, 3.63) is 53.2 Å². The van der Waals surface area contributed by atoms with E-state index in [1.807, 2.05) is 46.5 Å². The van der Waals surface area contributed by atoms with E-state index in [0.29, 0.717) is 11.6 Å². The van der Waals surface area contributed by atoms with Crippen molar-refractivity contribution in [2.24, 2.45) is 0 Å². The van der Waals surface area contributed by atoms with Crippen molar-refractivity contribution in [2.75, 3.05) is 5.32 Å². The third kappa shape index (κ3) is 2.85. The number of aryl methyl sites for hydroxylation is 1.